The largest absolute Gasteiger partial charge is 0.379 e. The van der Waals surface area contributed by atoms with Crippen LogP contribution >= 0.6 is 11.6 Å². The Balaban J connectivity index is -0.000000117. The van der Waals surface area contributed by atoms with Crippen LogP contribution < -0.4 is 0 Å². The molecule has 0 saturated carbocycles. The number of hydrogen-bond acceptors (Lipinski definition) is 7. The normalized spacial score (nSPS) is 11.8. The van der Waals surface area contributed by atoms with Crippen LogP contribution in [0.5, 0.6) is 0 Å². The van der Waals surface area contributed by atoms with Gasteiger partial charge in [-0.1, -0.05) is 41.0 Å². The van der Waals surface area contributed by atoms with Gasteiger partial charge in [0.05, 0.1) is 61.0 Å². The van der Waals surface area contributed by atoms with Gasteiger partial charge < -0.3 is 33.2 Å². The second-order valence-electron chi connectivity index (χ2n) is 16.0. The fourth-order valence-electron chi connectivity index (χ4n) is 2.70. The van der Waals surface area contributed by atoms with Crippen LogP contribution in [-0.2, 0) is 33.2 Å². The summed E-state index contributed by atoms with van der Waals surface area (Å²) in [4.78, 5) is 0. The number of unbranched alkanes of at least 4 members (excludes halogenated alkanes) is 2. The van der Waals surface area contributed by atoms with Crippen molar-refractivity contribution in [1.29, 1.82) is 0 Å². The van der Waals surface area contributed by atoms with Gasteiger partial charge in [0, 0.05) is 32.3 Å². The molecule has 0 N–H and O–H groups in total. The maximum Gasteiger partial charge on any atom is 0.0707 e. The van der Waals surface area contributed by atoms with Gasteiger partial charge in [0.1, 0.15) is 0 Å². The van der Waals surface area contributed by atoms with Crippen molar-refractivity contribution in [3.8, 4) is 0 Å². The summed E-state index contributed by atoms with van der Waals surface area (Å²) in [6, 6.07) is 0. The predicted molar refractivity (Wildman–Crippen MR) is 213 cm³/mol. The van der Waals surface area contributed by atoms with E-state index in [0.29, 0.717) is 38.9 Å². The molecule has 48 heavy (non-hydrogen) atoms. The Bertz CT molecular complexity index is 561. The van der Waals surface area contributed by atoms with Crippen molar-refractivity contribution in [1.82, 2.24) is 0 Å². The SMILES string of the molecule is C.CC(C)(C)OCCCl.CCCCOC(C)(C)C.CCCCOC(C)(C)C.CCCOCCOCCOC(C)(C)C.CCOC(C)(C)C. The van der Waals surface area contributed by atoms with Gasteiger partial charge in [0.15, 0.2) is 0 Å². The monoisotopic (exact) mass is 719 g/mol. The summed E-state index contributed by atoms with van der Waals surface area (Å²) in [7, 11) is 0. The number of rotatable bonds is 17. The fraction of sp³-hybridized carbons (Fsp3) is 1.00. The Labute approximate surface area is 308 Å². The van der Waals surface area contributed by atoms with Crippen molar-refractivity contribution in [2.24, 2.45) is 0 Å². The van der Waals surface area contributed by atoms with Gasteiger partial charge in [-0.2, -0.15) is 0 Å². The van der Waals surface area contributed by atoms with Crippen molar-refractivity contribution in [3.05, 3.63) is 0 Å². The van der Waals surface area contributed by atoms with E-state index in [1.54, 1.807) is 0 Å². The lowest BCUT2D eigenvalue weighted by Crippen LogP contribution is -2.22. The number of halogens is 1. The van der Waals surface area contributed by atoms with Crippen LogP contribution in [0.3, 0.4) is 0 Å². The van der Waals surface area contributed by atoms with E-state index in [9.17, 15) is 0 Å². The van der Waals surface area contributed by atoms with Crippen LogP contribution in [0.25, 0.3) is 0 Å². The third kappa shape index (κ3) is 91.0. The molecule has 0 rings (SSSR count). The molecule has 0 atom stereocenters. The number of ether oxygens (including phenoxy) is 7. The molecule has 0 aromatic heterocycles. The second-order valence-corrected chi connectivity index (χ2v) is 16.4. The molecule has 0 radical (unpaired) electrons. The lowest BCUT2D eigenvalue weighted by Gasteiger charge is -2.19. The highest BCUT2D eigenvalue weighted by atomic mass is 35.5. The molecule has 0 aliphatic carbocycles. The van der Waals surface area contributed by atoms with Gasteiger partial charge in [0.2, 0.25) is 0 Å². The van der Waals surface area contributed by atoms with E-state index >= 15 is 0 Å². The van der Waals surface area contributed by atoms with Gasteiger partial charge >= 0.3 is 0 Å². The van der Waals surface area contributed by atoms with Crippen molar-refractivity contribution in [2.75, 3.05) is 65.3 Å². The lowest BCUT2D eigenvalue weighted by atomic mass is 10.2. The highest BCUT2D eigenvalue weighted by molar-refractivity contribution is 6.17. The molecule has 0 aliphatic heterocycles. The van der Waals surface area contributed by atoms with Gasteiger partial charge in [-0.15, -0.1) is 11.6 Å². The molecule has 0 aromatic rings. The third-order valence-corrected chi connectivity index (χ3v) is 4.89. The van der Waals surface area contributed by atoms with Crippen molar-refractivity contribution >= 4 is 11.6 Å². The zero-order valence-corrected chi connectivity index (χ0v) is 36.1. The van der Waals surface area contributed by atoms with Gasteiger partial charge in [-0.3, -0.25) is 0 Å². The van der Waals surface area contributed by atoms with Crippen LogP contribution in [0, 0.1) is 0 Å². The summed E-state index contributed by atoms with van der Waals surface area (Å²) < 4.78 is 37.5. The van der Waals surface area contributed by atoms with E-state index in [-0.39, 0.29) is 35.4 Å². The summed E-state index contributed by atoms with van der Waals surface area (Å²) in [6.45, 7) is 46.0. The molecular formula is C40H91ClO7. The molecule has 8 heteroatoms. The fourth-order valence-corrected chi connectivity index (χ4v) is 2.77. The van der Waals surface area contributed by atoms with E-state index in [0.717, 1.165) is 32.8 Å². The third-order valence-electron chi connectivity index (χ3n) is 4.74. The first-order valence-electron chi connectivity index (χ1n) is 18.2. The molecule has 7 nitrogen and oxygen atoms in total. The Morgan fingerprint density at radius 1 is 0.354 bits per heavy atom. The smallest absolute Gasteiger partial charge is 0.0707 e. The highest BCUT2D eigenvalue weighted by Crippen LogP contribution is 2.09. The Morgan fingerprint density at radius 2 is 0.646 bits per heavy atom. The highest BCUT2D eigenvalue weighted by Gasteiger charge is 2.10. The maximum absolute atomic E-state index is 5.49. The van der Waals surface area contributed by atoms with Crippen molar-refractivity contribution in [2.45, 2.75) is 199 Å². The molecule has 0 aromatic carbocycles. The average molecular weight is 720 g/mol. The molecule has 0 unspecified atom stereocenters. The topological polar surface area (TPSA) is 64.6 Å². The van der Waals surface area contributed by atoms with E-state index < -0.39 is 0 Å². The maximum atomic E-state index is 5.49. The Hall–Kier alpha value is 0.01000. The molecule has 0 heterocycles. The molecule has 0 fully saturated rings. The van der Waals surface area contributed by atoms with Crippen LogP contribution in [-0.4, -0.2) is 93.3 Å². The molecule has 0 amide bonds. The van der Waals surface area contributed by atoms with Crippen LogP contribution in [0.2, 0.25) is 0 Å². The van der Waals surface area contributed by atoms with E-state index in [1.165, 1.54) is 25.7 Å². The minimum Gasteiger partial charge on any atom is -0.379 e. The van der Waals surface area contributed by atoms with Crippen molar-refractivity contribution < 1.29 is 33.2 Å². The first-order valence-corrected chi connectivity index (χ1v) is 18.7. The summed E-state index contributed by atoms with van der Waals surface area (Å²) >= 11 is 5.38. The standard InChI is InChI=1S/C11H24O3.2C8H18O.C6H13ClO.C6H14O.CH4/c1-5-6-12-7-8-13-9-10-14-11(2,3)4;2*1-5-6-7-9-8(2,3)4;1-6(2,3)8-5-4-7;1-5-7-6(2,3)4;/h5-10H2,1-4H3;2*5-7H2,1-4H3;4-5H2,1-3H3;5H2,1-4H3;1H4. The average Bonchev–Trinajstić information content (AvgIpc) is 2.88. The first kappa shape index (κ1) is 60.1. The molecule has 0 spiro atoms. The van der Waals surface area contributed by atoms with E-state index in [4.69, 9.17) is 44.8 Å². The first-order chi connectivity index (χ1) is 21.3. The summed E-state index contributed by atoms with van der Waals surface area (Å²) in [5.74, 6) is 0.581. The number of alkyl halides is 1. The van der Waals surface area contributed by atoms with Crippen LogP contribution in [0.1, 0.15) is 171 Å². The van der Waals surface area contributed by atoms with Gasteiger partial charge in [0.25, 0.3) is 0 Å². The number of hydrogen-bond donors (Lipinski definition) is 0. The Morgan fingerprint density at radius 3 is 0.875 bits per heavy atom. The molecule has 0 saturated heterocycles. The Kier molecular flexibility index (Phi) is 46.1. The molecule has 0 bridgehead atoms. The minimum atomic E-state index is -0.0674. The predicted octanol–water partition coefficient (Wildman–Crippen LogP) is 11.9. The second kappa shape index (κ2) is 36.8. The zero-order chi connectivity index (χ0) is 38.1. The lowest BCUT2D eigenvalue weighted by molar-refractivity contribution is -0.0424. The summed E-state index contributed by atoms with van der Waals surface area (Å²) in [6.07, 6.45) is 5.85. The quantitative estimate of drug-likeness (QED) is 0.110. The van der Waals surface area contributed by atoms with E-state index in [1.807, 2.05) is 48.5 Å². The van der Waals surface area contributed by atoms with Crippen LogP contribution in [0.4, 0.5) is 0 Å². The molecule has 300 valence electrons. The van der Waals surface area contributed by atoms with Crippen molar-refractivity contribution in [3.63, 3.8) is 0 Å². The zero-order valence-electron chi connectivity index (χ0n) is 35.3. The van der Waals surface area contributed by atoms with Crippen LogP contribution in [0.15, 0.2) is 0 Å². The summed E-state index contributed by atoms with van der Waals surface area (Å²) in [5, 5.41) is 0. The summed E-state index contributed by atoms with van der Waals surface area (Å²) in [5.41, 5.74) is 0.0516. The van der Waals surface area contributed by atoms with Gasteiger partial charge in [-0.05, 0) is 130 Å². The molecular weight excluding hydrogens is 628 g/mol. The van der Waals surface area contributed by atoms with E-state index in [2.05, 4.69) is 83.1 Å². The molecule has 0 aliphatic rings. The van der Waals surface area contributed by atoms with Gasteiger partial charge in [-0.25, -0.2) is 0 Å². The minimum absolute atomic E-state index is 0.